The number of hydrogen-bond acceptors (Lipinski definition) is 8. The van der Waals surface area contributed by atoms with Gasteiger partial charge in [0.15, 0.2) is 6.29 Å². The Labute approximate surface area is 596 Å². The summed E-state index contributed by atoms with van der Waals surface area (Å²) in [4.78, 5) is 13.2. The molecule has 0 aliphatic carbocycles. The van der Waals surface area contributed by atoms with E-state index in [2.05, 4.69) is 67.8 Å². The number of carbonyl (C=O) groups excluding carboxylic acids is 1. The lowest BCUT2D eigenvalue weighted by atomic mass is 9.99. The van der Waals surface area contributed by atoms with Crippen molar-refractivity contribution in [3.63, 3.8) is 0 Å². The largest absolute Gasteiger partial charge is 0.394 e. The van der Waals surface area contributed by atoms with Crippen molar-refractivity contribution in [3.8, 4) is 0 Å². The molecule has 9 nitrogen and oxygen atoms in total. The SMILES string of the molecule is CCCCCCC/C=C\C/C=C\CCCCCCCCCCCCCCCCCCCCCCCCCCCCCCCC(=O)NC(COC1OC(CO)C(O)C(O)C1O)C(O)/C=C/CC/C=C/CC/C=C/CCCCCCCCCCCCCCCCCCCCCCCC. The lowest BCUT2D eigenvalue weighted by Crippen LogP contribution is -2.60. The van der Waals surface area contributed by atoms with Gasteiger partial charge >= 0.3 is 0 Å². The summed E-state index contributed by atoms with van der Waals surface area (Å²) in [7, 11) is 0. The summed E-state index contributed by atoms with van der Waals surface area (Å²) in [6.07, 6.45) is 99.8. The molecule has 564 valence electrons. The molecule has 0 bridgehead atoms. The average Bonchev–Trinajstić information content (AvgIpc) is 0.840. The first-order valence-corrected chi connectivity index (χ1v) is 42.5. The van der Waals surface area contributed by atoms with Crippen LogP contribution in [0.1, 0.15) is 431 Å². The van der Waals surface area contributed by atoms with Gasteiger partial charge in [-0.25, -0.2) is 0 Å². The highest BCUT2D eigenvalue weighted by atomic mass is 16.7. The Hall–Kier alpha value is -2.11. The van der Waals surface area contributed by atoms with Gasteiger partial charge < -0.3 is 40.3 Å². The average molecular weight is 1350 g/mol. The molecule has 1 saturated heterocycles. The topological polar surface area (TPSA) is 149 Å². The summed E-state index contributed by atoms with van der Waals surface area (Å²) < 4.78 is 11.3. The Morgan fingerprint density at radius 3 is 0.938 bits per heavy atom. The molecule has 1 fully saturated rings. The number of hydrogen-bond donors (Lipinski definition) is 6. The Kier molecular flexibility index (Phi) is 72.3. The predicted octanol–water partition coefficient (Wildman–Crippen LogP) is 24.8. The van der Waals surface area contributed by atoms with Crippen LogP contribution in [0.5, 0.6) is 0 Å². The Morgan fingerprint density at radius 1 is 0.354 bits per heavy atom. The zero-order chi connectivity index (χ0) is 69.2. The summed E-state index contributed by atoms with van der Waals surface area (Å²) in [5.41, 5.74) is 0. The zero-order valence-electron chi connectivity index (χ0n) is 63.7. The lowest BCUT2D eigenvalue weighted by molar-refractivity contribution is -0.302. The number of aliphatic hydroxyl groups is 5. The van der Waals surface area contributed by atoms with E-state index in [1.54, 1.807) is 6.08 Å². The molecule has 1 rings (SSSR count). The quantitative estimate of drug-likeness (QED) is 0.0261. The van der Waals surface area contributed by atoms with Crippen LogP contribution in [0.2, 0.25) is 0 Å². The van der Waals surface area contributed by atoms with Crippen LogP contribution in [0.15, 0.2) is 60.8 Å². The lowest BCUT2D eigenvalue weighted by Gasteiger charge is -2.40. The highest BCUT2D eigenvalue weighted by molar-refractivity contribution is 5.76. The molecule has 9 heteroatoms. The minimum Gasteiger partial charge on any atom is -0.394 e. The van der Waals surface area contributed by atoms with Crippen LogP contribution in [0, 0.1) is 0 Å². The van der Waals surface area contributed by atoms with Crippen molar-refractivity contribution in [1.29, 1.82) is 0 Å². The van der Waals surface area contributed by atoms with Crippen LogP contribution in [0.4, 0.5) is 0 Å². The minimum absolute atomic E-state index is 0.183. The van der Waals surface area contributed by atoms with Gasteiger partial charge in [0.25, 0.3) is 0 Å². The van der Waals surface area contributed by atoms with E-state index >= 15 is 0 Å². The van der Waals surface area contributed by atoms with Crippen LogP contribution in [-0.2, 0) is 14.3 Å². The maximum atomic E-state index is 13.2. The third kappa shape index (κ3) is 62.9. The van der Waals surface area contributed by atoms with Gasteiger partial charge in [-0.1, -0.05) is 408 Å². The van der Waals surface area contributed by atoms with Gasteiger partial charge in [-0.05, 0) is 77.0 Å². The second-order valence-electron chi connectivity index (χ2n) is 29.6. The molecule has 1 aliphatic heterocycles. The molecule has 0 aromatic rings. The second-order valence-corrected chi connectivity index (χ2v) is 29.6. The van der Waals surface area contributed by atoms with Crippen molar-refractivity contribution >= 4 is 5.91 Å². The van der Waals surface area contributed by atoms with E-state index in [1.807, 2.05) is 6.08 Å². The second kappa shape index (κ2) is 75.6. The predicted molar refractivity (Wildman–Crippen MR) is 415 cm³/mol. The fourth-order valence-electron chi connectivity index (χ4n) is 13.7. The normalized spacial score (nSPS) is 17.7. The van der Waals surface area contributed by atoms with Crippen molar-refractivity contribution in [2.45, 2.75) is 474 Å². The summed E-state index contributed by atoms with van der Waals surface area (Å²) in [6.45, 7) is 3.81. The number of carbonyl (C=O) groups is 1. The number of allylic oxidation sites excluding steroid dienone is 9. The molecule has 0 aromatic carbocycles. The Balaban J connectivity index is 2.05. The Bertz CT molecular complexity index is 1710. The molecule has 0 radical (unpaired) electrons. The standard InChI is InChI=1S/C87H163NO8/c1-3-5-7-9-11-13-15-17-19-21-23-25-27-29-31-33-35-37-38-39-40-41-42-43-44-45-47-49-51-53-55-57-59-61-63-65-67-69-71-73-75-77-83(91)88-80(79-95-87-86(94)85(93)84(92)82(78-89)96-87)81(90)76-74-72-70-68-66-64-62-60-58-56-54-52-50-48-46-36-34-32-30-28-26-24-22-20-18-16-14-12-10-8-6-4-2/h15,17,21,23,58,60,66,68,74,76,80-82,84-87,89-90,92-94H,3-14,16,18-20,22,24-57,59,61-65,67,69-73,75,77-79H2,1-2H3,(H,88,91)/b17-15-,23-21-,60-58+,68-66+,76-74+. The van der Waals surface area contributed by atoms with Gasteiger partial charge in [-0.2, -0.15) is 0 Å². The molecular weight excluding hydrogens is 1190 g/mol. The van der Waals surface area contributed by atoms with Gasteiger partial charge in [0.1, 0.15) is 24.4 Å². The highest BCUT2D eigenvalue weighted by Crippen LogP contribution is 2.24. The molecule has 0 aromatic heterocycles. The number of rotatable bonds is 76. The van der Waals surface area contributed by atoms with Crippen LogP contribution < -0.4 is 5.32 Å². The van der Waals surface area contributed by atoms with E-state index in [9.17, 15) is 30.3 Å². The van der Waals surface area contributed by atoms with Gasteiger partial charge in [-0.3, -0.25) is 4.79 Å². The van der Waals surface area contributed by atoms with Crippen LogP contribution in [0.3, 0.4) is 0 Å². The van der Waals surface area contributed by atoms with Gasteiger partial charge in [0.05, 0.1) is 25.4 Å². The molecule has 7 unspecified atom stereocenters. The molecule has 1 aliphatic rings. The van der Waals surface area contributed by atoms with E-state index in [-0.39, 0.29) is 12.5 Å². The number of amides is 1. The van der Waals surface area contributed by atoms with Crippen molar-refractivity contribution in [2.75, 3.05) is 13.2 Å². The third-order valence-corrected chi connectivity index (χ3v) is 20.3. The van der Waals surface area contributed by atoms with Crippen molar-refractivity contribution in [1.82, 2.24) is 5.32 Å². The molecule has 1 amide bonds. The summed E-state index contributed by atoms with van der Waals surface area (Å²) in [6, 6.07) is -0.831. The number of ether oxygens (including phenoxy) is 2. The minimum atomic E-state index is -1.58. The summed E-state index contributed by atoms with van der Waals surface area (Å²) in [5, 5.41) is 54.9. The van der Waals surface area contributed by atoms with Crippen LogP contribution in [-0.4, -0.2) is 87.5 Å². The maximum Gasteiger partial charge on any atom is 0.220 e. The first kappa shape index (κ1) is 91.9. The van der Waals surface area contributed by atoms with E-state index in [4.69, 9.17) is 9.47 Å². The molecule has 1 heterocycles. The molecule has 6 N–H and O–H groups in total. The van der Waals surface area contributed by atoms with Gasteiger partial charge in [-0.15, -0.1) is 0 Å². The van der Waals surface area contributed by atoms with Gasteiger partial charge in [0.2, 0.25) is 5.91 Å². The third-order valence-electron chi connectivity index (χ3n) is 20.3. The van der Waals surface area contributed by atoms with Gasteiger partial charge in [0, 0.05) is 6.42 Å². The monoisotopic (exact) mass is 1350 g/mol. The van der Waals surface area contributed by atoms with E-state index in [1.165, 1.54) is 360 Å². The first-order chi connectivity index (χ1) is 47.3. The van der Waals surface area contributed by atoms with E-state index < -0.39 is 49.5 Å². The summed E-state index contributed by atoms with van der Waals surface area (Å²) in [5.74, 6) is -0.183. The highest BCUT2D eigenvalue weighted by Gasteiger charge is 2.44. The van der Waals surface area contributed by atoms with E-state index in [0.717, 1.165) is 51.4 Å². The van der Waals surface area contributed by atoms with Crippen LogP contribution >= 0.6 is 0 Å². The fourth-order valence-corrected chi connectivity index (χ4v) is 13.7. The molecule has 96 heavy (non-hydrogen) atoms. The van der Waals surface area contributed by atoms with Crippen LogP contribution in [0.25, 0.3) is 0 Å². The number of aliphatic hydroxyl groups excluding tert-OH is 5. The molecule has 7 atom stereocenters. The van der Waals surface area contributed by atoms with Crippen molar-refractivity contribution < 1.29 is 39.8 Å². The zero-order valence-corrected chi connectivity index (χ0v) is 63.7. The molecular formula is C87H163NO8. The molecule has 0 spiro atoms. The smallest absolute Gasteiger partial charge is 0.220 e. The maximum absolute atomic E-state index is 13.2. The fraction of sp³-hybridized carbons (Fsp3) is 0.874. The first-order valence-electron chi connectivity index (χ1n) is 42.5. The Morgan fingerprint density at radius 2 is 0.625 bits per heavy atom. The number of nitrogens with one attached hydrogen (secondary N) is 1. The summed E-state index contributed by atoms with van der Waals surface area (Å²) >= 11 is 0. The molecule has 0 saturated carbocycles. The van der Waals surface area contributed by atoms with E-state index in [0.29, 0.717) is 6.42 Å². The van der Waals surface area contributed by atoms with Crippen molar-refractivity contribution in [3.05, 3.63) is 60.8 Å². The number of unbranched alkanes of at least 4 members (excludes halogenated alkanes) is 58. The van der Waals surface area contributed by atoms with Crippen molar-refractivity contribution in [2.24, 2.45) is 0 Å².